The number of rotatable bonds is 5. The highest BCUT2D eigenvalue weighted by Gasteiger charge is 2.19. The van der Waals surface area contributed by atoms with Gasteiger partial charge in [0.2, 0.25) is 5.76 Å². The van der Waals surface area contributed by atoms with E-state index in [9.17, 15) is 14.7 Å². The van der Waals surface area contributed by atoms with Crippen LogP contribution in [0.3, 0.4) is 0 Å². The highest BCUT2D eigenvalue weighted by molar-refractivity contribution is 7.17. The standard InChI is InChI=1S/C25H18N2O4S/c1-15-7-9-17(10-8-15)22-26-23-21(19(14-32-23)16-5-3-2-4-6-16)24(28)27(22)13-18-11-12-20(31-18)25(29)30/h2-12,14H,13H2,1H3,(H,29,30). The maximum atomic E-state index is 13.8. The minimum absolute atomic E-state index is 0.0718. The van der Waals surface area contributed by atoms with Gasteiger partial charge in [0.1, 0.15) is 16.4 Å². The molecule has 3 heterocycles. The molecule has 0 saturated heterocycles. The van der Waals surface area contributed by atoms with Crippen molar-refractivity contribution in [3.63, 3.8) is 0 Å². The zero-order valence-corrected chi connectivity index (χ0v) is 17.9. The molecule has 0 spiro atoms. The van der Waals surface area contributed by atoms with E-state index in [4.69, 9.17) is 9.40 Å². The van der Waals surface area contributed by atoms with Crippen molar-refractivity contribution < 1.29 is 14.3 Å². The number of carbonyl (C=O) groups is 1. The Kier molecular flexibility index (Phi) is 4.95. The number of hydrogen-bond acceptors (Lipinski definition) is 5. The van der Waals surface area contributed by atoms with E-state index < -0.39 is 5.97 Å². The molecule has 0 atom stereocenters. The molecule has 6 nitrogen and oxygen atoms in total. The van der Waals surface area contributed by atoms with E-state index in [2.05, 4.69) is 0 Å². The number of carboxylic acids is 1. The van der Waals surface area contributed by atoms with Crippen molar-refractivity contribution in [3.8, 4) is 22.5 Å². The molecular weight excluding hydrogens is 424 g/mol. The molecule has 0 fully saturated rings. The number of hydrogen-bond donors (Lipinski definition) is 1. The van der Waals surface area contributed by atoms with Gasteiger partial charge >= 0.3 is 5.97 Å². The van der Waals surface area contributed by atoms with Gasteiger partial charge in [0.15, 0.2) is 0 Å². The van der Waals surface area contributed by atoms with E-state index in [0.717, 1.165) is 22.3 Å². The molecule has 0 radical (unpaired) electrons. The predicted molar refractivity (Wildman–Crippen MR) is 124 cm³/mol. The number of aromatic carboxylic acids is 1. The van der Waals surface area contributed by atoms with Crippen molar-refractivity contribution in [1.29, 1.82) is 0 Å². The number of thiophene rings is 1. The van der Waals surface area contributed by atoms with Crippen LogP contribution in [0.1, 0.15) is 21.9 Å². The average molecular weight is 442 g/mol. The second-order valence-corrected chi connectivity index (χ2v) is 8.32. The largest absolute Gasteiger partial charge is 0.475 e. The van der Waals surface area contributed by atoms with Crippen molar-refractivity contribution in [2.24, 2.45) is 0 Å². The van der Waals surface area contributed by atoms with Crippen LogP contribution >= 0.6 is 11.3 Å². The van der Waals surface area contributed by atoms with Gasteiger partial charge in [-0.25, -0.2) is 9.78 Å². The van der Waals surface area contributed by atoms with Crippen molar-refractivity contribution in [2.45, 2.75) is 13.5 Å². The highest BCUT2D eigenvalue weighted by atomic mass is 32.1. The molecule has 0 aliphatic carbocycles. The van der Waals surface area contributed by atoms with Crippen LogP contribution < -0.4 is 5.56 Å². The molecule has 1 N–H and O–H groups in total. The lowest BCUT2D eigenvalue weighted by molar-refractivity contribution is 0.0660. The first-order chi connectivity index (χ1) is 15.5. The van der Waals surface area contributed by atoms with E-state index >= 15 is 0 Å². The van der Waals surface area contributed by atoms with Crippen LogP contribution in [0.25, 0.3) is 32.7 Å². The summed E-state index contributed by atoms with van der Waals surface area (Å²) in [6.45, 7) is 2.07. The third-order valence-electron chi connectivity index (χ3n) is 5.27. The van der Waals surface area contributed by atoms with E-state index in [0.29, 0.717) is 21.8 Å². The lowest BCUT2D eigenvalue weighted by Crippen LogP contribution is -2.23. The Bertz CT molecular complexity index is 1500. The molecule has 32 heavy (non-hydrogen) atoms. The molecule has 7 heteroatoms. The normalized spacial score (nSPS) is 11.2. The Morgan fingerprint density at radius 2 is 1.78 bits per heavy atom. The number of nitrogens with zero attached hydrogens (tertiary/aromatic N) is 2. The van der Waals surface area contributed by atoms with Gasteiger partial charge in [-0.3, -0.25) is 9.36 Å². The first-order valence-electron chi connectivity index (χ1n) is 9.98. The van der Waals surface area contributed by atoms with Gasteiger partial charge in [-0.15, -0.1) is 11.3 Å². The summed E-state index contributed by atoms with van der Waals surface area (Å²) in [6.07, 6.45) is 0. The third-order valence-corrected chi connectivity index (χ3v) is 6.15. The molecule has 5 aromatic rings. The highest BCUT2D eigenvalue weighted by Crippen LogP contribution is 2.32. The monoisotopic (exact) mass is 442 g/mol. The van der Waals surface area contributed by atoms with Crippen molar-refractivity contribution in [3.05, 3.63) is 99.5 Å². The summed E-state index contributed by atoms with van der Waals surface area (Å²) < 4.78 is 6.99. The number of fused-ring (bicyclic) bond motifs is 1. The van der Waals surface area contributed by atoms with E-state index in [1.54, 1.807) is 10.6 Å². The van der Waals surface area contributed by atoms with Gasteiger partial charge in [0.05, 0.1) is 11.9 Å². The summed E-state index contributed by atoms with van der Waals surface area (Å²) in [5.74, 6) is -0.438. The summed E-state index contributed by atoms with van der Waals surface area (Å²) >= 11 is 1.43. The smallest absolute Gasteiger partial charge is 0.371 e. The number of aromatic nitrogens is 2. The second-order valence-electron chi connectivity index (χ2n) is 7.46. The number of furan rings is 1. The fraction of sp³-hybridized carbons (Fsp3) is 0.0800. The maximum absolute atomic E-state index is 13.8. The lowest BCUT2D eigenvalue weighted by Gasteiger charge is -2.12. The minimum atomic E-state index is -1.15. The van der Waals surface area contributed by atoms with Gasteiger partial charge in [-0.05, 0) is 24.6 Å². The molecule has 3 aromatic heterocycles. The Balaban J connectivity index is 1.74. The topological polar surface area (TPSA) is 85.3 Å². The van der Waals surface area contributed by atoms with Crippen LogP contribution in [0, 0.1) is 6.92 Å². The first kappa shape index (κ1) is 20.0. The van der Waals surface area contributed by atoms with Crippen LogP contribution in [0.4, 0.5) is 0 Å². The van der Waals surface area contributed by atoms with Crippen LogP contribution in [-0.4, -0.2) is 20.6 Å². The van der Waals surface area contributed by atoms with E-state index in [-0.39, 0.29) is 17.9 Å². The minimum Gasteiger partial charge on any atom is -0.475 e. The molecule has 0 aliphatic rings. The molecule has 0 aliphatic heterocycles. The van der Waals surface area contributed by atoms with Crippen molar-refractivity contribution in [2.75, 3.05) is 0 Å². The van der Waals surface area contributed by atoms with Gasteiger partial charge in [0.25, 0.3) is 5.56 Å². The zero-order valence-electron chi connectivity index (χ0n) is 17.1. The van der Waals surface area contributed by atoms with Crippen molar-refractivity contribution >= 4 is 27.5 Å². The average Bonchev–Trinajstić information content (AvgIpc) is 3.44. The molecule has 2 aromatic carbocycles. The summed E-state index contributed by atoms with van der Waals surface area (Å²) in [4.78, 5) is 30.5. The van der Waals surface area contributed by atoms with Gasteiger partial charge in [-0.2, -0.15) is 0 Å². The summed E-state index contributed by atoms with van der Waals surface area (Å²) in [5, 5.41) is 11.7. The molecule has 5 rings (SSSR count). The number of carboxylic acid groups (broad SMARTS) is 1. The number of benzene rings is 2. The molecule has 0 unspecified atom stereocenters. The summed E-state index contributed by atoms with van der Waals surface area (Å²) in [6, 6.07) is 20.5. The molecule has 0 amide bonds. The number of aryl methyl sites for hydroxylation is 1. The first-order valence-corrected chi connectivity index (χ1v) is 10.9. The Hall–Kier alpha value is -3.97. The van der Waals surface area contributed by atoms with Gasteiger partial charge in [0, 0.05) is 16.5 Å². The van der Waals surface area contributed by atoms with Gasteiger partial charge in [-0.1, -0.05) is 60.2 Å². The van der Waals surface area contributed by atoms with Crippen LogP contribution in [0.5, 0.6) is 0 Å². The zero-order chi connectivity index (χ0) is 22.2. The Morgan fingerprint density at radius 3 is 2.47 bits per heavy atom. The lowest BCUT2D eigenvalue weighted by atomic mass is 10.1. The van der Waals surface area contributed by atoms with E-state index in [1.165, 1.54) is 17.4 Å². The third kappa shape index (κ3) is 3.52. The SMILES string of the molecule is Cc1ccc(-c2nc3scc(-c4ccccc4)c3c(=O)n2Cc2ccc(C(=O)O)o2)cc1. The van der Waals surface area contributed by atoms with E-state index in [1.807, 2.05) is 66.9 Å². The molecule has 0 saturated carbocycles. The molecule has 0 bridgehead atoms. The van der Waals surface area contributed by atoms with Gasteiger partial charge < -0.3 is 9.52 Å². The van der Waals surface area contributed by atoms with Crippen LogP contribution in [0.15, 0.2) is 81.3 Å². The Morgan fingerprint density at radius 1 is 1.03 bits per heavy atom. The second kappa shape index (κ2) is 7.94. The predicted octanol–water partition coefficient (Wildman–Crippen LogP) is 5.44. The fourth-order valence-corrected chi connectivity index (χ4v) is 4.60. The Labute approximate surface area is 187 Å². The molecular formula is C25H18N2O4S. The quantitative estimate of drug-likeness (QED) is 0.392. The van der Waals surface area contributed by atoms with Crippen LogP contribution in [-0.2, 0) is 6.54 Å². The molecule has 158 valence electrons. The summed E-state index contributed by atoms with van der Waals surface area (Å²) in [7, 11) is 0. The summed E-state index contributed by atoms with van der Waals surface area (Å²) in [5.41, 5.74) is 3.48. The maximum Gasteiger partial charge on any atom is 0.371 e. The van der Waals surface area contributed by atoms with Crippen LogP contribution in [0.2, 0.25) is 0 Å². The van der Waals surface area contributed by atoms with Crippen molar-refractivity contribution in [1.82, 2.24) is 9.55 Å². The fourth-order valence-electron chi connectivity index (χ4n) is 3.66.